The Bertz CT molecular complexity index is 1050. The van der Waals surface area contributed by atoms with E-state index in [4.69, 9.17) is 0 Å². The van der Waals surface area contributed by atoms with Gasteiger partial charge in [0.25, 0.3) is 0 Å². The van der Waals surface area contributed by atoms with Crippen LogP contribution in [0.2, 0.25) is 0 Å². The van der Waals surface area contributed by atoms with Crippen LogP contribution in [-0.2, 0) is 26.4 Å². The molecule has 0 radical (unpaired) electrons. The monoisotopic (exact) mass is 454 g/mol. The summed E-state index contributed by atoms with van der Waals surface area (Å²) in [7, 11) is -3.37. The van der Waals surface area contributed by atoms with E-state index in [2.05, 4.69) is 10.0 Å². The van der Waals surface area contributed by atoms with Gasteiger partial charge in [0.05, 0.1) is 17.9 Å². The van der Waals surface area contributed by atoms with Crippen molar-refractivity contribution in [3.8, 4) is 0 Å². The van der Waals surface area contributed by atoms with E-state index in [0.717, 1.165) is 24.0 Å². The van der Waals surface area contributed by atoms with Gasteiger partial charge in [-0.15, -0.1) is 0 Å². The summed E-state index contributed by atoms with van der Waals surface area (Å²) >= 11 is 0. The number of halogens is 3. The van der Waals surface area contributed by atoms with Gasteiger partial charge in [0, 0.05) is 17.0 Å². The molecule has 1 aliphatic carbocycles. The molecule has 0 heterocycles. The number of hydrogen-bond donors (Lipinski definition) is 2. The average molecular weight is 455 g/mol. The number of amides is 1. The first-order chi connectivity index (χ1) is 14.3. The fourth-order valence-corrected chi connectivity index (χ4v) is 4.36. The minimum absolute atomic E-state index is 0.146. The summed E-state index contributed by atoms with van der Waals surface area (Å²) in [6.07, 6.45) is -2.12. The number of hydrogen-bond acceptors (Lipinski definition) is 3. The van der Waals surface area contributed by atoms with E-state index in [9.17, 15) is 26.4 Å². The van der Waals surface area contributed by atoms with Crippen LogP contribution in [0.5, 0.6) is 0 Å². The standard InChI is InChI=1S/C22H25F3N2O3S/c1-4-19(14-5-11-17(12-6-14)27-31(3,29)30)26-20(28)18-13-21(18,2)15-7-9-16(10-8-15)22(23,24)25/h5-12,18-19,27H,4,13H2,1-3H3,(H,26,28)/t18-,19-,21-/m1/s1. The van der Waals surface area contributed by atoms with Gasteiger partial charge >= 0.3 is 6.18 Å². The lowest BCUT2D eigenvalue weighted by Gasteiger charge is -2.19. The normalized spacial score (nSPS) is 21.9. The van der Waals surface area contributed by atoms with Gasteiger partial charge in [-0.3, -0.25) is 9.52 Å². The van der Waals surface area contributed by atoms with Crippen LogP contribution in [0, 0.1) is 5.92 Å². The SMILES string of the molecule is CC[C@@H](NC(=O)[C@H]1C[C@]1(C)c1ccc(C(F)(F)F)cc1)c1ccc(NS(C)(=O)=O)cc1. The van der Waals surface area contributed by atoms with Gasteiger partial charge in [-0.2, -0.15) is 13.2 Å². The second-order valence-corrected chi connectivity index (χ2v) is 9.96. The molecule has 31 heavy (non-hydrogen) atoms. The highest BCUT2D eigenvalue weighted by molar-refractivity contribution is 7.92. The quantitative estimate of drug-likeness (QED) is 0.641. The van der Waals surface area contributed by atoms with Crippen molar-refractivity contribution in [2.75, 3.05) is 11.0 Å². The third kappa shape index (κ3) is 5.39. The molecule has 2 aromatic carbocycles. The second-order valence-electron chi connectivity index (χ2n) is 8.21. The van der Waals surface area contributed by atoms with Crippen molar-refractivity contribution in [2.24, 2.45) is 5.92 Å². The van der Waals surface area contributed by atoms with Crippen molar-refractivity contribution in [2.45, 2.75) is 44.3 Å². The van der Waals surface area contributed by atoms with E-state index < -0.39 is 27.2 Å². The summed E-state index contributed by atoms with van der Waals surface area (Å²) in [6.45, 7) is 3.81. The molecule has 9 heteroatoms. The van der Waals surface area contributed by atoms with Crippen LogP contribution in [-0.4, -0.2) is 20.6 Å². The van der Waals surface area contributed by atoms with E-state index in [1.807, 2.05) is 13.8 Å². The number of nitrogens with one attached hydrogen (secondary N) is 2. The smallest absolute Gasteiger partial charge is 0.349 e. The van der Waals surface area contributed by atoms with Gasteiger partial charge in [-0.25, -0.2) is 8.42 Å². The number of anilines is 1. The van der Waals surface area contributed by atoms with Gasteiger partial charge in [0.15, 0.2) is 0 Å². The molecule has 3 atom stereocenters. The Balaban J connectivity index is 1.66. The summed E-state index contributed by atoms with van der Waals surface area (Å²) in [4.78, 5) is 12.8. The molecule has 0 saturated heterocycles. The predicted octanol–water partition coefficient (Wildman–Crippen LogP) is 4.62. The van der Waals surface area contributed by atoms with Crippen LogP contribution < -0.4 is 10.0 Å². The maximum atomic E-state index is 12.8. The van der Waals surface area contributed by atoms with Crippen molar-refractivity contribution in [1.29, 1.82) is 0 Å². The number of alkyl halides is 3. The predicted molar refractivity (Wildman–Crippen MR) is 113 cm³/mol. The van der Waals surface area contributed by atoms with Crippen LogP contribution in [0.4, 0.5) is 18.9 Å². The molecular weight excluding hydrogens is 429 g/mol. The van der Waals surface area contributed by atoms with Crippen molar-refractivity contribution in [3.05, 3.63) is 65.2 Å². The summed E-state index contributed by atoms with van der Waals surface area (Å²) < 4.78 is 63.4. The minimum Gasteiger partial charge on any atom is -0.349 e. The minimum atomic E-state index is -4.39. The molecule has 0 unspecified atom stereocenters. The summed E-state index contributed by atoms with van der Waals surface area (Å²) in [5, 5.41) is 3.02. The molecule has 1 saturated carbocycles. The van der Waals surface area contributed by atoms with Crippen LogP contribution in [0.3, 0.4) is 0 Å². The Labute approximate surface area is 180 Å². The van der Waals surface area contributed by atoms with E-state index in [1.165, 1.54) is 12.1 Å². The Hall–Kier alpha value is -2.55. The zero-order valence-corrected chi connectivity index (χ0v) is 18.3. The molecule has 0 aliphatic heterocycles. The highest BCUT2D eigenvalue weighted by atomic mass is 32.2. The van der Waals surface area contributed by atoms with E-state index in [0.29, 0.717) is 24.1 Å². The van der Waals surface area contributed by atoms with Gasteiger partial charge in [0.2, 0.25) is 15.9 Å². The molecule has 0 spiro atoms. The van der Waals surface area contributed by atoms with Crippen LogP contribution in [0.15, 0.2) is 48.5 Å². The Kier molecular flexibility index (Phi) is 6.10. The van der Waals surface area contributed by atoms with Crippen LogP contribution in [0.25, 0.3) is 0 Å². The molecular formula is C22H25F3N2O3S. The fourth-order valence-electron chi connectivity index (χ4n) is 3.80. The van der Waals surface area contributed by atoms with E-state index in [1.54, 1.807) is 24.3 Å². The first-order valence-corrected chi connectivity index (χ1v) is 11.8. The van der Waals surface area contributed by atoms with Crippen molar-refractivity contribution in [1.82, 2.24) is 5.32 Å². The molecule has 0 bridgehead atoms. The van der Waals surface area contributed by atoms with Crippen LogP contribution in [0.1, 0.15) is 49.4 Å². The first kappa shape index (κ1) is 23.1. The van der Waals surface area contributed by atoms with Gasteiger partial charge in [-0.05, 0) is 48.2 Å². The number of benzene rings is 2. The molecule has 3 rings (SSSR count). The zero-order chi connectivity index (χ0) is 23.0. The number of rotatable bonds is 7. The number of carbonyl (C=O) groups is 1. The lowest BCUT2D eigenvalue weighted by Crippen LogP contribution is -2.31. The summed E-state index contributed by atoms with van der Waals surface area (Å²) in [6, 6.07) is 11.5. The molecule has 5 nitrogen and oxygen atoms in total. The molecule has 0 aromatic heterocycles. The molecule has 2 aromatic rings. The Morgan fingerprint density at radius 2 is 1.71 bits per heavy atom. The van der Waals surface area contributed by atoms with E-state index in [-0.39, 0.29) is 17.9 Å². The van der Waals surface area contributed by atoms with Gasteiger partial charge < -0.3 is 5.32 Å². The van der Waals surface area contributed by atoms with Gasteiger partial charge in [0.1, 0.15) is 0 Å². The fraction of sp³-hybridized carbons (Fsp3) is 0.409. The van der Waals surface area contributed by atoms with Crippen molar-refractivity contribution < 1.29 is 26.4 Å². The summed E-state index contributed by atoms with van der Waals surface area (Å²) in [5.74, 6) is -0.461. The van der Waals surface area contributed by atoms with E-state index >= 15 is 0 Å². The molecule has 1 fully saturated rings. The van der Waals surface area contributed by atoms with Crippen molar-refractivity contribution in [3.63, 3.8) is 0 Å². The van der Waals surface area contributed by atoms with Crippen molar-refractivity contribution >= 4 is 21.6 Å². The van der Waals surface area contributed by atoms with Crippen LogP contribution >= 0.6 is 0 Å². The first-order valence-electron chi connectivity index (χ1n) is 9.89. The number of sulfonamides is 1. The average Bonchev–Trinajstić information content (AvgIpc) is 3.38. The summed E-state index contributed by atoms with van der Waals surface area (Å²) in [5.41, 5.74) is 0.790. The number of carbonyl (C=O) groups excluding carboxylic acids is 1. The Morgan fingerprint density at radius 1 is 1.13 bits per heavy atom. The Morgan fingerprint density at radius 3 is 2.19 bits per heavy atom. The lowest BCUT2D eigenvalue weighted by atomic mass is 9.94. The maximum absolute atomic E-state index is 12.8. The molecule has 1 amide bonds. The topological polar surface area (TPSA) is 75.3 Å². The van der Waals surface area contributed by atoms with Gasteiger partial charge in [-0.1, -0.05) is 38.1 Å². The zero-order valence-electron chi connectivity index (χ0n) is 17.5. The third-order valence-corrected chi connectivity index (χ3v) is 6.37. The second kappa shape index (κ2) is 8.18. The maximum Gasteiger partial charge on any atom is 0.416 e. The largest absolute Gasteiger partial charge is 0.416 e. The lowest BCUT2D eigenvalue weighted by molar-refractivity contribution is -0.137. The molecule has 1 aliphatic rings. The highest BCUT2D eigenvalue weighted by Gasteiger charge is 2.55. The molecule has 168 valence electrons. The molecule has 2 N–H and O–H groups in total. The highest BCUT2D eigenvalue weighted by Crippen LogP contribution is 2.54. The third-order valence-electron chi connectivity index (χ3n) is 5.77.